The van der Waals surface area contributed by atoms with E-state index in [1.165, 1.54) is 31.3 Å². The Hall–Kier alpha value is -1.84. The van der Waals surface area contributed by atoms with Gasteiger partial charge in [0, 0.05) is 0 Å². The van der Waals surface area contributed by atoms with Crippen LogP contribution in [0.2, 0.25) is 0 Å². The van der Waals surface area contributed by atoms with Gasteiger partial charge < -0.3 is 4.74 Å². The third kappa shape index (κ3) is 3.31. The molecular weight excluding hydrogens is 242 g/mol. The van der Waals surface area contributed by atoms with Crippen LogP contribution in [0.5, 0.6) is 0 Å². The van der Waals surface area contributed by atoms with Gasteiger partial charge in [-0.2, -0.15) is 0 Å². The number of nitrogens with one attached hydrogen (secondary N) is 1. The molecule has 0 saturated heterocycles. The molecule has 90 valence electrons. The van der Waals surface area contributed by atoms with E-state index in [1.807, 2.05) is 0 Å². The Morgan fingerprint density at radius 3 is 2.82 bits per heavy atom. The number of terminal acetylenes is 1. The minimum atomic E-state index is -3.57. The largest absolute Gasteiger partial charge is 0.449 e. The molecule has 1 N–H and O–H groups in total. The summed E-state index contributed by atoms with van der Waals surface area (Å²) in [7, 11) is -2.28. The molecule has 0 radical (unpaired) electrons. The first-order chi connectivity index (χ1) is 8.01. The van der Waals surface area contributed by atoms with Crippen LogP contribution in [-0.4, -0.2) is 28.0 Å². The normalized spacial score (nSPS) is 10.6. The van der Waals surface area contributed by atoms with E-state index in [1.54, 1.807) is 0 Å². The molecule has 0 amide bonds. The molecule has 0 aliphatic rings. The average Bonchev–Trinajstić information content (AvgIpc) is 2.36. The van der Waals surface area contributed by atoms with Crippen molar-refractivity contribution >= 4 is 16.0 Å². The maximum atomic E-state index is 11.5. The third-order valence-electron chi connectivity index (χ3n) is 1.94. The van der Waals surface area contributed by atoms with Gasteiger partial charge in [0.1, 0.15) is 0 Å². The molecule has 17 heavy (non-hydrogen) atoms. The lowest BCUT2D eigenvalue weighted by Crippen LogP contribution is -2.19. The summed E-state index contributed by atoms with van der Waals surface area (Å²) in [6, 6.07) is 5.51. The number of rotatable bonds is 4. The number of benzene rings is 1. The van der Waals surface area contributed by atoms with Crippen LogP contribution < -0.4 is 4.72 Å². The summed E-state index contributed by atoms with van der Waals surface area (Å²) in [5.41, 5.74) is 0.136. The number of carbonyl (C=O) groups excluding carboxylic acids is 1. The molecule has 0 aromatic heterocycles. The highest BCUT2D eigenvalue weighted by Gasteiger charge is 2.14. The van der Waals surface area contributed by atoms with Crippen molar-refractivity contribution in [2.45, 2.75) is 4.90 Å². The van der Waals surface area contributed by atoms with Gasteiger partial charge in [0.15, 0.2) is 6.61 Å². The molecule has 0 fully saturated rings. The van der Waals surface area contributed by atoms with Gasteiger partial charge in [0.25, 0.3) is 0 Å². The molecule has 1 aromatic carbocycles. The van der Waals surface area contributed by atoms with Crippen molar-refractivity contribution in [2.75, 3.05) is 13.7 Å². The molecule has 0 aliphatic heterocycles. The maximum Gasteiger partial charge on any atom is 0.339 e. The van der Waals surface area contributed by atoms with Crippen molar-refractivity contribution in [3.63, 3.8) is 0 Å². The Bertz CT molecular complexity index is 557. The number of carbonyl (C=O) groups is 1. The zero-order chi connectivity index (χ0) is 12.9. The first-order valence-corrected chi connectivity index (χ1v) is 6.14. The summed E-state index contributed by atoms with van der Waals surface area (Å²) < 4.78 is 29.8. The Labute approximate surface area is 99.8 Å². The van der Waals surface area contributed by atoms with E-state index in [-0.39, 0.29) is 17.1 Å². The molecule has 1 aromatic rings. The first-order valence-electron chi connectivity index (χ1n) is 4.65. The molecular formula is C11H11NO4S. The van der Waals surface area contributed by atoms with Crippen molar-refractivity contribution in [1.82, 2.24) is 4.72 Å². The number of hydrogen-bond donors (Lipinski definition) is 1. The second-order valence-electron chi connectivity index (χ2n) is 3.02. The lowest BCUT2D eigenvalue weighted by atomic mass is 10.2. The maximum absolute atomic E-state index is 11.5. The second kappa shape index (κ2) is 5.48. The molecule has 0 atom stereocenters. The summed E-state index contributed by atoms with van der Waals surface area (Å²) >= 11 is 0. The highest BCUT2D eigenvalue weighted by molar-refractivity contribution is 7.89. The Balaban J connectivity index is 3.03. The summed E-state index contributed by atoms with van der Waals surface area (Å²) in [5, 5.41) is 0. The van der Waals surface area contributed by atoms with Gasteiger partial charge >= 0.3 is 5.97 Å². The van der Waals surface area contributed by atoms with E-state index in [0.29, 0.717) is 0 Å². The molecule has 1 rings (SSSR count). The van der Waals surface area contributed by atoms with Gasteiger partial charge in [-0.1, -0.05) is 12.0 Å². The SMILES string of the molecule is C#CCOC(=O)c1cccc(S(=O)(=O)NC)c1. The van der Waals surface area contributed by atoms with E-state index in [9.17, 15) is 13.2 Å². The molecule has 0 bridgehead atoms. The van der Waals surface area contributed by atoms with E-state index in [4.69, 9.17) is 6.42 Å². The smallest absolute Gasteiger partial charge is 0.339 e. The number of sulfonamides is 1. The van der Waals surface area contributed by atoms with Gasteiger partial charge in [-0.05, 0) is 25.2 Å². The third-order valence-corrected chi connectivity index (χ3v) is 3.35. The van der Waals surface area contributed by atoms with Crippen molar-refractivity contribution in [3.05, 3.63) is 29.8 Å². The van der Waals surface area contributed by atoms with Gasteiger partial charge in [-0.15, -0.1) is 6.42 Å². The quantitative estimate of drug-likeness (QED) is 0.622. The Kier molecular flexibility index (Phi) is 4.26. The lowest BCUT2D eigenvalue weighted by molar-refractivity contribution is 0.0556. The number of esters is 1. The Morgan fingerprint density at radius 2 is 2.24 bits per heavy atom. The van der Waals surface area contributed by atoms with Crippen molar-refractivity contribution in [2.24, 2.45) is 0 Å². The van der Waals surface area contributed by atoms with Crippen molar-refractivity contribution in [1.29, 1.82) is 0 Å². The highest BCUT2D eigenvalue weighted by Crippen LogP contribution is 2.11. The predicted molar refractivity (Wildman–Crippen MR) is 61.8 cm³/mol. The van der Waals surface area contributed by atoms with E-state index < -0.39 is 16.0 Å². The summed E-state index contributed by atoms with van der Waals surface area (Å²) in [5.74, 6) is 1.49. The summed E-state index contributed by atoms with van der Waals surface area (Å²) in [6.45, 7) is -0.151. The van der Waals surface area contributed by atoms with E-state index in [0.717, 1.165) is 0 Å². The molecule has 0 aliphatic carbocycles. The molecule has 5 nitrogen and oxygen atoms in total. The van der Waals surface area contributed by atoms with Crippen LogP contribution in [0, 0.1) is 12.3 Å². The van der Waals surface area contributed by atoms with Crippen LogP contribution in [0.4, 0.5) is 0 Å². The number of hydrogen-bond acceptors (Lipinski definition) is 4. The van der Waals surface area contributed by atoms with Crippen LogP contribution >= 0.6 is 0 Å². The fourth-order valence-electron chi connectivity index (χ4n) is 1.10. The zero-order valence-corrected chi connectivity index (χ0v) is 9.95. The molecule has 0 heterocycles. The molecule has 0 spiro atoms. The topological polar surface area (TPSA) is 72.5 Å². The highest BCUT2D eigenvalue weighted by atomic mass is 32.2. The molecule has 0 saturated carbocycles. The minimum Gasteiger partial charge on any atom is -0.449 e. The minimum absolute atomic E-state index is 0.00448. The van der Waals surface area contributed by atoms with Gasteiger partial charge in [-0.3, -0.25) is 0 Å². The lowest BCUT2D eigenvalue weighted by Gasteiger charge is -2.05. The van der Waals surface area contributed by atoms with Gasteiger partial charge in [0.2, 0.25) is 10.0 Å². The monoisotopic (exact) mass is 253 g/mol. The fourth-order valence-corrected chi connectivity index (χ4v) is 1.87. The fraction of sp³-hybridized carbons (Fsp3) is 0.182. The van der Waals surface area contributed by atoms with Crippen LogP contribution in [0.1, 0.15) is 10.4 Å². The van der Waals surface area contributed by atoms with E-state index >= 15 is 0 Å². The van der Waals surface area contributed by atoms with Crippen molar-refractivity contribution < 1.29 is 17.9 Å². The second-order valence-corrected chi connectivity index (χ2v) is 4.90. The molecule has 6 heteroatoms. The first kappa shape index (κ1) is 13.2. The summed E-state index contributed by atoms with van der Waals surface area (Å²) in [6.07, 6.45) is 4.94. The van der Waals surface area contributed by atoms with Crippen LogP contribution in [0.3, 0.4) is 0 Å². The molecule has 0 unspecified atom stereocenters. The predicted octanol–water partition coefficient (Wildman–Crippen LogP) is 0.385. The number of ether oxygens (including phenoxy) is 1. The Morgan fingerprint density at radius 1 is 1.53 bits per heavy atom. The van der Waals surface area contributed by atoms with Crippen LogP contribution in [0.15, 0.2) is 29.2 Å². The summed E-state index contributed by atoms with van der Waals surface area (Å²) in [4.78, 5) is 11.4. The van der Waals surface area contributed by atoms with Gasteiger partial charge in [-0.25, -0.2) is 17.9 Å². The van der Waals surface area contributed by atoms with Crippen LogP contribution in [-0.2, 0) is 14.8 Å². The standard InChI is InChI=1S/C11H11NO4S/c1-3-7-16-11(13)9-5-4-6-10(8-9)17(14,15)12-2/h1,4-6,8,12H,7H2,2H3. The van der Waals surface area contributed by atoms with Gasteiger partial charge in [0.05, 0.1) is 10.5 Å². The van der Waals surface area contributed by atoms with Crippen LogP contribution in [0.25, 0.3) is 0 Å². The van der Waals surface area contributed by atoms with E-state index in [2.05, 4.69) is 15.4 Å². The average molecular weight is 253 g/mol. The zero-order valence-electron chi connectivity index (χ0n) is 9.14. The van der Waals surface area contributed by atoms with Crippen molar-refractivity contribution in [3.8, 4) is 12.3 Å².